The van der Waals surface area contributed by atoms with Crippen LogP contribution in [0.5, 0.6) is 5.75 Å². The van der Waals surface area contributed by atoms with E-state index in [1.54, 1.807) is 0 Å². The second kappa shape index (κ2) is 13.8. The highest BCUT2D eigenvalue weighted by Crippen LogP contribution is 2.29. The van der Waals surface area contributed by atoms with Gasteiger partial charge in [0.25, 0.3) is 0 Å². The van der Waals surface area contributed by atoms with Crippen LogP contribution in [0.25, 0.3) is 0 Å². The van der Waals surface area contributed by atoms with E-state index in [-0.39, 0.29) is 24.6 Å². The van der Waals surface area contributed by atoms with Gasteiger partial charge in [-0.25, -0.2) is 4.79 Å². The minimum absolute atomic E-state index is 0. The van der Waals surface area contributed by atoms with Crippen molar-refractivity contribution in [3.63, 3.8) is 0 Å². The van der Waals surface area contributed by atoms with Crippen molar-refractivity contribution in [2.45, 2.75) is 77.2 Å². The molecule has 1 aliphatic heterocycles. The lowest BCUT2D eigenvalue weighted by Gasteiger charge is -2.33. The van der Waals surface area contributed by atoms with Crippen LogP contribution >= 0.6 is 12.4 Å². The Labute approximate surface area is 188 Å². The molecule has 30 heavy (non-hydrogen) atoms. The number of halogens is 1. The first kappa shape index (κ1) is 24.8. The molecule has 5 nitrogen and oxygen atoms in total. The number of nitrogens with zero attached hydrogens (tertiary/aromatic N) is 1. The van der Waals surface area contributed by atoms with Crippen LogP contribution in [-0.4, -0.2) is 43.3 Å². The summed E-state index contributed by atoms with van der Waals surface area (Å²) in [5.74, 6) is 1.15. The first-order valence-corrected chi connectivity index (χ1v) is 11.7. The summed E-state index contributed by atoms with van der Waals surface area (Å²) in [5.41, 5.74) is 0.690. The third-order valence-electron chi connectivity index (χ3n) is 6.17. The van der Waals surface area contributed by atoms with Crippen LogP contribution in [0.15, 0.2) is 24.3 Å². The molecule has 2 fully saturated rings. The average Bonchev–Trinajstić information content (AvgIpc) is 2.95. The largest absolute Gasteiger partial charge is 0.491 e. The third-order valence-corrected chi connectivity index (χ3v) is 6.17. The number of nitrogens with one attached hydrogen (secondary N) is 1. The smallest absolute Gasteiger partial charge is 0.412 e. The van der Waals surface area contributed by atoms with E-state index in [2.05, 4.69) is 17.1 Å². The van der Waals surface area contributed by atoms with Crippen molar-refractivity contribution in [1.82, 2.24) is 4.90 Å². The second-order valence-electron chi connectivity index (χ2n) is 8.53. The summed E-state index contributed by atoms with van der Waals surface area (Å²) in [6, 6.07) is 7.61. The van der Waals surface area contributed by atoms with Gasteiger partial charge < -0.3 is 14.4 Å². The number of benzene rings is 1. The molecule has 0 aromatic heterocycles. The Morgan fingerprint density at radius 1 is 1.07 bits per heavy atom. The Kier molecular flexibility index (Phi) is 11.4. The molecule has 2 aliphatic rings. The van der Waals surface area contributed by atoms with Crippen LogP contribution in [0.3, 0.4) is 0 Å². The van der Waals surface area contributed by atoms with E-state index in [9.17, 15) is 4.79 Å². The zero-order valence-electron chi connectivity index (χ0n) is 18.4. The Balaban J connectivity index is 0.00000320. The molecule has 1 N–H and O–H groups in total. The molecular formula is C24H39ClN2O3. The van der Waals surface area contributed by atoms with Crippen LogP contribution in [0.4, 0.5) is 10.5 Å². The zero-order chi connectivity index (χ0) is 20.3. The molecule has 1 aliphatic carbocycles. The summed E-state index contributed by atoms with van der Waals surface area (Å²) in [4.78, 5) is 15.3. The highest BCUT2D eigenvalue weighted by molar-refractivity contribution is 5.86. The lowest BCUT2D eigenvalue weighted by molar-refractivity contribution is 0.0471. The highest BCUT2D eigenvalue weighted by Gasteiger charge is 2.29. The van der Waals surface area contributed by atoms with Gasteiger partial charge in [-0.15, -0.1) is 12.4 Å². The molecule has 170 valence electrons. The van der Waals surface area contributed by atoms with Gasteiger partial charge in [-0.05, 0) is 63.7 Å². The number of anilines is 1. The lowest BCUT2D eigenvalue weighted by atomic mass is 9.95. The fourth-order valence-corrected chi connectivity index (χ4v) is 4.49. The molecule has 1 aromatic rings. The van der Waals surface area contributed by atoms with E-state index in [1.807, 2.05) is 24.3 Å². The summed E-state index contributed by atoms with van der Waals surface area (Å²) in [6.07, 6.45) is 11.4. The van der Waals surface area contributed by atoms with E-state index >= 15 is 0 Å². The summed E-state index contributed by atoms with van der Waals surface area (Å²) < 4.78 is 11.8. The number of amides is 1. The van der Waals surface area contributed by atoms with Gasteiger partial charge in [0, 0.05) is 12.5 Å². The van der Waals surface area contributed by atoms with Gasteiger partial charge in [0.05, 0.1) is 12.3 Å². The van der Waals surface area contributed by atoms with Crippen molar-refractivity contribution in [3.8, 4) is 5.75 Å². The maximum Gasteiger partial charge on any atom is 0.412 e. The lowest BCUT2D eigenvalue weighted by Crippen LogP contribution is -2.39. The molecule has 1 saturated carbocycles. The molecule has 0 spiro atoms. The monoisotopic (exact) mass is 438 g/mol. The number of ether oxygens (including phenoxy) is 2. The van der Waals surface area contributed by atoms with Crippen molar-refractivity contribution < 1.29 is 14.3 Å². The first-order chi connectivity index (χ1) is 14.3. The number of unbranched alkanes of at least 4 members (excludes halogenated alkanes) is 1. The van der Waals surface area contributed by atoms with Crippen LogP contribution in [0.1, 0.15) is 71.1 Å². The molecule has 1 saturated heterocycles. The second-order valence-corrected chi connectivity index (χ2v) is 8.53. The van der Waals surface area contributed by atoms with Gasteiger partial charge in [-0.1, -0.05) is 44.7 Å². The van der Waals surface area contributed by atoms with E-state index < -0.39 is 0 Å². The number of para-hydroxylation sites is 2. The topological polar surface area (TPSA) is 50.8 Å². The molecule has 0 radical (unpaired) electrons. The molecule has 0 bridgehead atoms. The number of carbonyl (C=O) groups excluding carboxylic acids is 1. The summed E-state index contributed by atoms with van der Waals surface area (Å²) >= 11 is 0. The number of piperidine rings is 1. The van der Waals surface area contributed by atoms with Gasteiger partial charge in [-0.2, -0.15) is 0 Å². The Bertz CT molecular complexity index is 622. The number of hydrogen-bond donors (Lipinski definition) is 1. The summed E-state index contributed by atoms with van der Waals surface area (Å²) in [6.45, 7) is 6.24. The van der Waals surface area contributed by atoms with Crippen molar-refractivity contribution >= 4 is 24.2 Å². The number of carbonyl (C=O) groups is 1. The third kappa shape index (κ3) is 7.99. The fraction of sp³-hybridized carbons (Fsp3) is 0.708. The SMILES string of the molecule is CCCCOc1ccccc1NC(=O)O[C@@H]1CCCCC[C@H]1CN1CCCCC1.Cl. The Morgan fingerprint density at radius 3 is 2.60 bits per heavy atom. The molecule has 1 heterocycles. The summed E-state index contributed by atoms with van der Waals surface area (Å²) in [5, 5.41) is 2.93. The van der Waals surface area contributed by atoms with E-state index in [4.69, 9.17) is 9.47 Å². The maximum atomic E-state index is 12.7. The fourth-order valence-electron chi connectivity index (χ4n) is 4.49. The minimum atomic E-state index is -0.355. The molecule has 3 rings (SSSR count). The molecular weight excluding hydrogens is 400 g/mol. The normalized spacial score (nSPS) is 22.4. The van der Waals surface area contributed by atoms with Crippen LogP contribution < -0.4 is 10.1 Å². The molecule has 2 atom stereocenters. The number of likely N-dealkylation sites (tertiary alicyclic amines) is 1. The zero-order valence-corrected chi connectivity index (χ0v) is 19.3. The van der Waals surface area contributed by atoms with Crippen molar-refractivity contribution in [3.05, 3.63) is 24.3 Å². The predicted molar refractivity (Wildman–Crippen MR) is 125 cm³/mol. The summed E-state index contributed by atoms with van der Waals surface area (Å²) in [7, 11) is 0. The van der Waals surface area contributed by atoms with E-state index in [0.717, 1.165) is 38.6 Å². The van der Waals surface area contributed by atoms with Crippen molar-refractivity contribution in [2.75, 3.05) is 31.6 Å². The van der Waals surface area contributed by atoms with E-state index in [0.29, 0.717) is 24.0 Å². The number of rotatable bonds is 8. The average molecular weight is 439 g/mol. The van der Waals surface area contributed by atoms with Crippen LogP contribution in [-0.2, 0) is 4.74 Å². The quantitative estimate of drug-likeness (QED) is 0.383. The van der Waals surface area contributed by atoms with Gasteiger partial charge in [0.2, 0.25) is 0 Å². The highest BCUT2D eigenvalue weighted by atomic mass is 35.5. The van der Waals surface area contributed by atoms with Gasteiger partial charge >= 0.3 is 6.09 Å². The van der Waals surface area contributed by atoms with Crippen molar-refractivity contribution in [2.24, 2.45) is 5.92 Å². The van der Waals surface area contributed by atoms with Crippen LogP contribution in [0.2, 0.25) is 0 Å². The minimum Gasteiger partial charge on any atom is -0.491 e. The van der Waals surface area contributed by atoms with Crippen molar-refractivity contribution in [1.29, 1.82) is 0 Å². The number of hydrogen-bond acceptors (Lipinski definition) is 4. The Hall–Kier alpha value is -1.46. The molecule has 1 aromatic carbocycles. The standard InChI is InChI=1S/C24H38N2O3.ClH/c1-2-3-18-28-23-15-9-8-13-21(23)25-24(27)29-22-14-7-4-6-12-20(22)19-26-16-10-5-11-17-26;/h8-9,13,15,20,22H,2-7,10-12,14,16-19H2,1H3,(H,25,27);1H/t20-,22+;/m0./s1. The predicted octanol–water partition coefficient (Wildman–Crippen LogP) is 6.27. The molecule has 6 heteroatoms. The Morgan fingerprint density at radius 2 is 1.80 bits per heavy atom. The van der Waals surface area contributed by atoms with Gasteiger partial charge in [0.15, 0.2) is 0 Å². The first-order valence-electron chi connectivity index (χ1n) is 11.7. The van der Waals surface area contributed by atoms with Gasteiger partial charge in [0.1, 0.15) is 11.9 Å². The van der Waals surface area contributed by atoms with E-state index in [1.165, 1.54) is 45.2 Å². The molecule has 0 unspecified atom stereocenters. The molecule has 1 amide bonds. The maximum absolute atomic E-state index is 12.7. The van der Waals surface area contributed by atoms with Gasteiger partial charge in [-0.3, -0.25) is 5.32 Å². The van der Waals surface area contributed by atoms with Crippen LogP contribution in [0, 0.1) is 5.92 Å².